The molecular formula is C19H26N4O3. The minimum absolute atomic E-state index is 0.0342. The van der Waals surface area contributed by atoms with Crippen LogP contribution in [0.15, 0.2) is 47.1 Å². The molecule has 1 aromatic heterocycles. The van der Waals surface area contributed by atoms with Gasteiger partial charge in [-0.3, -0.25) is 9.59 Å². The van der Waals surface area contributed by atoms with Crippen molar-refractivity contribution in [2.24, 2.45) is 0 Å². The van der Waals surface area contributed by atoms with Gasteiger partial charge in [0.1, 0.15) is 5.76 Å². The van der Waals surface area contributed by atoms with Crippen molar-refractivity contribution in [3.05, 3.63) is 54.0 Å². The zero-order valence-electron chi connectivity index (χ0n) is 15.7. The minimum atomic E-state index is -0.679. The van der Waals surface area contributed by atoms with Gasteiger partial charge in [-0.05, 0) is 43.9 Å². The lowest BCUT2D eigenvalue weighted by Crippen LogP contribution is -2.42. The first kappa shape index (κ1) is 19.5. The van der Waals surface area contributed by atoms with Crippen LogP contribution >= 0.6 is 0 Å². The van der Waals surface area contributed by atoms with Crippen LogP contribution in [0.3, 0.4) is 0 Å². The van der Waals surface area contributed by atoms with E-state index < -0.39 is 11.8 Å². The molecule has 26 heavy (non-hydrogen) atoms. The van der Waals surface area contributed by atoms with Crippen molar-refractivity contribution in [3.63, 3.8) is 0 Å². The highest BCUT2D eigenvalue weighted by atomic mass is 16.3. The molecule has 140 valence electrons. The fourth-order valence-electron chi connectivity index (χ4n) is 2.52. The van der Waals surface area contributed by atoms with Crippen LogP contribution in [0, 0.1) is 0 Å². The van der Waals surface area contributed by atoms with Gasteiger partial charge in [-0.15, -0.1) is 0 Å². The molecule has 1 heterocycles. The monoisotopic (exact) mass is 358 g/mol. The van der Waals surface area contributed by atoms with Crippen molar-refractivity contribution in [1.82, 2.24) is 15.5 Å². The van der Waals surface area contributed by atoms with Crippen molar-refractivity contribution < 1.29 is 14.0 Å². The molecule has 2 N–H and O–H groups in total. The number of furan rings is 1. The van der Waals surface area contributed by atoms with Gasteiger partial charge < -0.3 is 24.9 Å². The molecule has 2 rings (SSSR count). The molecule has 1 unspecified atom stereocenters. The summed E-state index contributed by atoms with van der Waals surface area (Å²) in [4.78, 5) is 28.0. The van der Waals surface area contributed by atoms with Crippen molar-refractivity contribution in [1.29, 1.82) is 0 Å². The standard InChI is InChI=1S/C19H26N4O3/c1-22(2)15-9-7-14(8-10-15)17(23(3)4)13-21-19(25)18(24)20-12-16-6-5-11-26-16/h5-11,17H,12-13H2,1-4H3,(H,20,24)(H,21,25). The van der Waals surface area contributed by atoms with E-state index in [-0.39, 0.29) is 12.6 Å². The van der Waals surface area contributed by atoms with E-state index in [1.165, 1.54) is 6.26 Å². The fourth-order valence-corrected chi connectivity index (χ4v) is 2.52. The lowest BCUT2D eigenvalue weighted by Gasteiger charge is -2.25. The number of anilines is 1. The number of nitrogens with zero attached hydrogens (tertiary/aromatic N) is 2. The number of benzene rings is 1. The molecular weight excluding hydrogens is 332 g/mol. The summed E-state index contributed by atoms with van der Waals surface area (Å²) in [5, 5.41) is 5.23. The first-order valence-corrected chi connectivity index (χ1v) is 8.40. The maximum absolute atomic E-state index is 12.0. The lowest BCUT2D eigenvalue weighted by atomic mass is 10.1. The average Bonchev–Trinajstić information content (AvgIpc) is 3.13. The molecule has 0 aliphatic carbocycles. The van der Waals surface area contributed by atoms with Gasteiger partial charge >= 0.3 is 11.8 Å². The summed E-state index contributed by atoms with van der Waals surface area (Å²) in [7, 11) is 7.85. The molecule has 0 bridgehead atoms. The summed E-state index contributed by atoms with van der Waals surface area (Å²) in [5.74, 6) is -0.742. The van der Waals surface area contributed by atoms with Crippen molar-refractivity contribution >= 4 is 17.5 Å². The number of amides is 2. The van der Waals surface area contributed by atoms with Crippen LogP contribution < -0.4 is 15.5 Å². The van der Waals surface area contributed by atoms with Gasteiger partial charge in [0.05, 0.1) is 18.8 Å². The van der Waals surface area contributed by atoms with E-state index in [9.17, 15) is 9.59 Å². The Morgan fingerprint density at radius 2 is 1.65 bits per heavy atom. The summed E-state index contributed by atoms with van der Waals surface area (Å²) in [6, 6.07) is 11.6. The van der Waals surface area contributed by atoms with E-state index in [1.54, 1.807) is 12.1 Å². The van der Waals surface area contributed by atoms with Crippen LogP contribution in [0.2, 0.25) is 0 Å². The first-order valence-electron chi connectivity index (χ1n) is 8.40. The third kappa shape index (κ3) is 5.35. The van der Waals surface area contributed by atoms with Crippen LogP contribution in [-0.2, 0) is 16.1 Å². The number of carbonyl (C=O) groups is 2. The predicted molar refractivity (Wildman–Crippen MR) is 101 cm³/mol. The molecule has 2 aromatic rings. The first-order chi connectivity index (χ1) is 12.4. The van der Waals surface area contributed by atoms with E-state index in [1.807, 2.05) is 62.3 Å². The molecule has 0 saturated heterocycles. The minimum Gasteiger partial charge on any atom is -0.467 e. The number of likely N-dealkylation sites (N-methyl/N-ethyl adjacent to an activating group) is 1. The Labute approximate surface area is 154 Å². The van der Waals surface area contributed by atoms with E-state index in [0.29, 0.717) is 12.3 Å². The average molecular weight is 358 g/mol. The summed E-state index contributed by atoms with van der Waals surface area (Å²) >= 11 is 0. The molecule has 0 saturated carbocycles. The van der Waals surface area contributed by atoms with Crippen LogP contribution in [0.5, 0.6) is 0 Å². The van der Waals surface area contributed by atoms with Crippen LogP contribution in [0.1, 0.15) is 17.4 Å². The van der Waals surface area contributed by atoms with Crippen molar-refractivity contribution in [2.45, 2.75) is 12.6 Å². The second-order valence-corrected chi connectivity index (χ2v) is 6.44. The number of hydrogen-bond acceptors (Lipinski definition) is 5. The Morgan fingerprint density at radius 3 is 2.19 bits per heavy atom. The van der Waals surface area contributed by atoms with Gasteiger partial charge in [-0.2, -0.15) is 0 Å². The normalized spacial score (nSPS) is 11.9. The Balaban J connectivity index is 1.90. The third-order valence-corrected chi connectivity index (χ3v) is 4.08. The maximum Gasteiger partial charge on any atom is 0.309 e. The molecule has 1 aromatic carbocycles. The van der Waals surface area contributed by atoms with Gasteiger partial charge in [0.25, 0.3) is 0 Å². The van der Waals surface area contributed by atoms with Crippen LogP contribution in [0.4, 0.5) is 5.69 Å². The van der Waals surface area contributed by atoms with E-state index in [0.717, 1.165) is 11.3 Å². The molecule has 1 atom stereocenters. The molecule has 7 nitrogen and oxygen atoms in total. The Bertz CT molecular complexity index is 709. The number of rotatable bonds is 7. The Hall–Kier alpha value is -2.80. The highest BCUT2D eigenvalue weighted by Crippen LogP contribution is 2.20. The van der Waals surface area contributed by atoms with Gasteiger partial charge in [0, 0.05) is 26.3 Å². The van der Waals surface area contributed by atoms with Crippen molar-refractivity contribution in [3.8, 4) is 0 Å². The quantitative estimate of drug-likeness (QED) is 0.731. The van der Waals surface area contributed by atoms with Gasteiger partial charge in [-0.25, -0.2) is 0 Å². The molecule has 7 heteroatoms. The third-order valence-electron chi connectivity index (χ3n) is 4.08. The summed E-state index contributed by atoms with van der Waals surface area (Å²) in [5.41, 5.74) is 2.17. The van der Waals surface area contributed by atoms with E-state index in [4.69, 9.17) is 4.42 Å². The molecule has 0 spiro atoms. The van der Waals surface area contributed by atoms with Crippen LogP contribution in [0.25, 0.3) is 0 Å². The molecule has 0 fully saturated rings. The Morgan fingerprint density at radius 1 is 1.00 bits per heavy atom. The second-order valence-electron chi connectivity index (χ2n) is 6.44. The highest BCUT2D eigenvalue weighted by molar-refractivity contribution is 6.35. The van der Waals surface area contributed by atoms with Crippen molar-refractivity contribution in [2.75, 3.05) is 39.6 Å². The largest absolute Gasteiger partial charge is 0.467 e. The predicted octanol–water partition coefficient (Wildman–Crippen LogP) is 1.38. The van der Waals surface area contributed by atoms with Gasteiger partial charge in [-0.1, -0.05) is 12.1 Å². The second kappa shape index (κ2) is 9.05. The number of nitrogens with one attached hydrogen (secondary N) is 2. The molecule has 0 aliphatic heterocycles. The Kier molecular flexibility index (Phi) is 6.80. The number of carbonyl (C=O) groups excluding carboxylic acids is 2. The topological polar surface area (TPSA) is 77.8 Å². The summed E-state index contributed by atoms with van der Waals surface area (Å²) < 4.78 is 5.12. The SMILES string of the molecule is CN(C)c1ccc(C(CNC(=O)C(=O)NCc2ccco2)N(C)C)cc1. The number of hydrogen-bond donors (Lipinski definition) is 2. The van der Waals surface area contributed by atoms with Gasteiger partial charge in [0.15, 0.2) is 0 Å². The zero-order chi connectivity index (χ0) is 19.1. The summed E-state index contributed by atoms with van der Waals surface area (Å²) in [6.45, 7) is 0.518. The fraction of sp³-hybridized carbons (Fsp3) is 0.368. The summed E-state index contributed by atoms with van der Waals surface area (Å²) in [6.07, 6.45) is 1.52. The van der Waals surface area contributed by atoms with E-state index in [2.05, 4.69) is 10.6 Å². The molecule has 2 amide bonds. The van der Waals surface area contributed by atoms with Crippen LogP contribution in [-0.4, -0.2) is 51.4 Å². The lowest BCUT2D eigenvalue weighted by molar-refractivity contribution is -0.139. The smallest absolute Gasteiger partial charge is 0.309 e. The van der Waals surface area contributed by atoms with Gasteiger partial charge in [0.2, 0.25) is 0 Å². The molecule has 0 aliphatic rings. The molecule has 0 radical (unpaired) electrons. The van der Waals surface area contributed by atoms with E-state index >= 15 is 0 Å². The maximum atomic E-state index is 12.0. The zero-order valence-corrected chi connectivity index (χ0v) is 15.7. The highest BCUT2D eigenvalue weighted by Gasteiger charge is 2.19.